The molecule has 0 saturated heterocycles. The molecule has 10 heteroatoms. The average Bonchev–Trinajstić information content (AvgIpc) is 2.54. The topological polar surface area (TPSA) is 130 Å². The van der Waals surface area contributed by atoms with Gasteiger partial charge in [0.25, 0.3) is 10.0 Å². The third-order valence-corrected chi connectivity index (χ3v) is 6.25. The number of benzene rings is 2. The number of aromatic carboxylic acids is 1. The Morgan fingerprint density at radius 3 is 2.08 bits per heavy atom. The van der Waals surface area contributed by atoms with Gasteiger partial charge in [0.15, 0.2) is 0 Å². The van der Waals surface area contributed by atoms with Gasteiger partial charge in [0.1, 0.15) is 0 Å². The number of carbonyl (C=O) groups is 1. The molecule has 0 aliphatic rings. The normalized spacial score (nSPS) is 12.1. The van der Waals surface area contributed by atoms with E-state index in [1.807, 2.05) is 0 Å². The van der Waals surface area contributed by atoms with Gasteiger partial charge in [-0.15, -0.1) is 0 Å². The second kappa shape index (κ2) is 7.44. The Morgan fingerprint density at radius 1 is 0.923 bits per heavy atom. The van der Waals surface area contributed by atoms with E-state index in [1.54, 1.807) is 13.8 Å². The first-order valence-corrected chi connectivity index (χ1v) is 10.5. The van der Waals surface area contributed by atoms with Gasteiger partial charge in [0, 0.05) is 11.7 Å². The van der Waals surface area contributed by atoms with Crippen LogP contribution in [0.15, 0.2) is 58.3 Å². The Labute approximate surface area is 152 Å². The molecule has 0 unspecified atom stereocenters. The molecule has 0 spiro atoms. The molecule has 0 aromatic heterocycles. The van der Waals surface area contributed by atoms with E-state index in [-0.39, 0.29) is 27.1 Å². The van der Waals surface area contributed by atoms with E-state index in [4.69, 9.17) is 5.11 Å². The van der Waals surface area contributed by atoms with Gasteiger partial charge in [-0.2, -0.15) is 0 Å². The van der Waals surface area contributed by atoms with Crippen LogP contribution in [0.1, 0.15) is 24.2 Å². The number of carboxylic acid groups (broad SMARTS) is 1. The van der Waals surface area contributed by atoms with Crippen molar-refractivity contribution < 1.29 is 26.7 Å². The number of hydrogen-bond acceptors (Lipinski definition) is 5. The van der Waals surface area contributed by atoms with Gasteiger partial charge < -0.3 is 5.11 Å². The van der Waals surface area contributed by atoms with Crippen molar-refractivity contribution in [3.63, 3.8) is 0 Å². The minimum atomic E-state index is -4.02. The van der Waals surface area contributed by atoms with Crippen LogP contribution < -0.4 is 9.44 Å². The van der Waals surface area contributed by atoms with E-state index >= 15 is 0 Å². The van der Waals surface area contributed by atoms with Crippen LogP contribution in [0.4, 0.5) is 5.69 Å². The number of rotatable bonds is 7. The highest BCUT2D eigenvalue weighted by Gasteiger charge is 2.18. The summed E-state index contributed by atoms with van der Waals surface area (Å²) in [6.45, 7) is 3.37. The molecule has 2 rings (SSSR count). The highest BCUT2D eigenvalue weighted by atomic mass is 32.2. The van der Waals surface area contributed by atoms with Crippen molar-refractivity contribution in [1.82, 2.24) is 4.72 Å². The number of carboxylic acids is 1. The largest absolute Gasteiger partial charge is 0.478 e. The van der Waals surface area contributed by atoms with Crippen LogP contribution in [0.5, 0.6) is 0 Å². The quantitative estimate of drug-likeness (QED) is 0.653. The molecule has 0 radical (unpaired) electrons. The maximum absolute atomic E-state index is 12.4. The fraction of sp³-hybridized carbons (Fsp3) is 0.188. The van der Waals surface area contributed by atoms with Crippen molar-refractivity contribution in [2.24, 2.45) is 0 Å². The second-order valence-corrected chi connectivity index (χ2v) is 9.14. The van der Waals surface area contributed by atoms with Gasteiger partial charge in [0.2, 0.25) is 10.0 Å². The summed E-state index contributed by atoms with van der Waals surface area (Å²) >= 11 is 0. The molecule has 2 aromatic carbocycles. The molecule has 0 aliphatic carbocycles. The van der Waals surface area contributed by atoms with Crippen molar-refractivity contribution in [3.05, 3.63) is 54.1 Å². The Kier molecular flexibility index (Phi) is 5.69. The molecule has 8 nitrogen and oxygen atoms in total. The van der Waals surface area contributed by atoms with Gasteiger partial charge in [0.05, 0.1) is 15.4 Å². The van der Waals surface area contributed by atoms with Crippen molar-refractivity contribution in [3.8, 4) is 0 Å². The van der Waals surface area contributed by atoms with E-state index in [2.05, 4.69) is 9.44 Å². The Morgan fingerprint density at radius 2 is 1.54 bits per heavy atom. The lowest BCUT2D eigenvalue weighted by Crippen LogP contribution is -2.30. The van der Waals surface area contributed by atoms with E-state index < -0.39 is 26.0 Å². The lowest BCUT2D eigenvalue weighted by atomic mass is 10.2. The molecule has 0 atom stereocenters. The summed E-state index contributed by atoms with van der Waals surface area (Å²) in [5, 5.41) is 8.96. The van der Waals surface area contributed by atoms with Crippen LogP contribution >= 0.6 is 0 Å². The molecule has 2 aromatic rings. The predicted molar refractivity (Wildman–Crippen MR) is 96.1 cm³/mol. The molecule has 0 aliphatic heterocycles. The SMILES string of the molecule is CC(C)NS(=O)(=O)c1ccc(NS(=O)(=O)c2cccc(C(=O)O)c2)cc1. The standard InChI is InChI=1S/C16H18N2O6S2/c1-11(2)17-25(21,22)14-8-6-13(7-9-14)18-26(23,24)15-5-3-4-12(10-15)16(19)20/h3-11,17-18H,1-2H3,(H,19,20). The van der Waals surface area contributed by atoms with Crippen molar-refractivity contribution in [1.29, 1.82) is 0 Å². The molecule has 3 N–H and O–H groups in total. The molecule has 0 saturated carbocycles. The first-order chi connectivity index (χ1) is 12.0. The van der Waals surface area contributed by atoms with Crippen LogP contribution in [-0.2, 0) is 20.0 Å². The number of anilines is 1. The molecular weight excluding hydrogens is 380 g/mol. The third-order valence-electron chi connectivity index (χ3n) is 3.20. The molecule has 140 valence electrons. The highest BCUT2D eigenvalue weighted by Crippen LogP contribution is 2.19. The zero-order chi connectivity index (χ0) is 19.5. The zero-order valence-corrected chi connectivity index (χ0v) is 15.6. The van der Waals surface area contributed by atoms with E-state index in [0.717, 1.165) is 6.07 Å². The van der Waals surface area contributed by atoms with E-state index in [1.165, 1.54) is 42.5 Å². The smallest absolute Gasteiger partial charge is 0.335 e. The minimum Gasteiger partial charge on any atom is -0.478 e. The van der Waals surface area contributed by atoms with Gasteiger partial charge in [-0.25, -0.2) is 26.4 Å². The summed E-state index contributed by atoms with van der Waals surface area (Å²) in [6, 6.07) is 9.80. The molecule has 0 bridgehead atoms. The summed E-state index contributed by atoms with van der Waals surface area (Å²) in [5.41, 5.74) is -0.0108. The molecular formula is C16H18N2O6S2. The summed E-state index contributed by atoms with van der Waals surface area (Å²) in [7, 11) is -7.69. The fourth-order valence-corrected chi connectivity index (χ4v) is 4.45. The first kappa shape index (κ1) is 19.9. The maximum Gasteiger partial charge on any atom is 0.335 e. The first-order valence-electron chi connectivity index (χ1n) is 7.50. The predicted octanol–water partition coefficient (Wildman–Crippen LogP) is 1.87. The van der Waals surface area contributed by atoms with Gasteiger partial charge in [-0.1, -0.05) is 6.07 Å². The fourth-order valence-electron chi connectivity index (χ4n) is 2.09. The van der Waals surface area contributed by atoms with Gasteiger partial charge in [-0.05, 0) is 56.3 Å². The van der Waals surface area contributed by atoms with Crippen molar-refractivity contribution in [2.45, 2.75) is 29.7 Å². The highest BCUT2D eigenvalue weighted by molar-refractivity contribution is 7.92. The number of nitrogens with one attached hydrogen (secondary N) is 2. The molecule has 26 heavy (non-hydrogen) atoms. The zero-order valence-electron chi connectivity index (χ0n) is 14.0. The van der Waals surface area contributed by atoms with Crippen molar-refractivity contribution >= 4 is 31.7 Å². The average molecular weight is 398 g/mol. The number of sulfonamides is 2. The van der Waals surface area contributed by atoms with Crippen LogP contribution in [0.3, 0.4) is 0 Å². The van der Waals surface area contributed by atoms with Crippen LogP contribution in [0, 0.1) is 0 Å². The van der Waals surface area contributed by atoms with Gasteiger partial charge >= 0.3 is 5.97 Å². The lowest BCUT2D eigenvalue weighted by molar-refractivity contribution is 0.0696. The van der Waals surface area contributed by atoms with E-state index in [9.17, 15) is 21.6 Å². The van der Waals surface area contributed by atoms with E-state index in [0.29, 0.717) is 0 Å². The second-order valence-electron chi connectivity index (χ2n) is 5.74. The van der Waals surface area contributed by atoms with Crippen LogP contribution in [0.25, 0.3) is 0 Å². The summed E-state index contributed by atoms with van der Waals surface area (Å²) in [6.07, 6.45) is 0. The summed E-state index contributed by atoms with van der Waals surface area (Å²) < 4.78 is 53.6. The number of hydrogen-bond donors (Lipinski definition) is 3. The lowest BCUT2D eigenvalue weighted by Gasteiger charge is -2.11. The van der Waals surface area contributed by atoms with Crippen LogP contribution in [0.2, 0.25) is 0 Å². The Balaban J connectivity index is 2.25. The van der Waals surface area contributed by atoms with Crippen LogP contribution in [-0.4, -0.2) is 34.0 Å². The van der Waals surface area contributed by atoms with Gasteiger partial charge in [-0.3, -0.25) is 4.72 Å². The minimum absolute atomic E-state index is 0.00187. The maximum atomic E-state index is 12.4. The summed E-state index contributed by atoms with van der Waals surface area (Å²) in [4.78, 5) is 10.8. The van der Waals surface area contributed by atoms with Crippen molar-refractivity contribution in [2.75, 3.05) is 4.72 Å². The third kappa shape index (κ3) is 4.81. The Hall–Kier alpha value is -2.43. The summed E-state index contributed by atoms with van der Waals surface area (Å²) in [5.74, 6) is -1.24. The molecule has 0 fully saturated rings. The molecule has 0 heterocycles. The molecule has 0 amide bonds. The monoisotopic (exact) mass is 398 g/mol. The Bertz CT molecular complexity index is 1010.